The van der Waals surface area contributed by atoms with Crippen LogP contribution in [0.3, 0.4) is 0 Å². The Morgan fingerprint density at radius 1 is 0.971 bits per heavy atom. The van der Waals surface area contributed by atoms with Gasteiger partial charge in [-0.2, -0.15) is 13.2 Å². The number of alkyl halides is 3. The van der Waals surface area contributed by atoms with Crippen LogP contribution in [0.2, 0.25) is 0 Å². The summed E-state index contributed by atoms with van der Waals surface area (Å²) >= 11 is 0. The molecular formula is C24H21F3N4O3. The molecule has 4 rings (SSSR count). The minimum atomic E-state index is -4.50. The third-order valence-electron chi connectivity index (χ3n) is 5.06. The van der Waals surface area contributed by atoms with Gasteiger partial charge >= 0.3 is 12.2 Å². The molecule has 1 fully saturated rings. The van der Waals surface area contributed by atoms with Gasteiger partial charge in [0.15, 0.2) is 0 Å². The average molecular weight is 470 g/mol. The van der Waals surface area contributed by atoms with Gasteiger partial charge in [0.2, 0.25) is 5.91 Å². The zero-order valence-corrected chi connectivity index (χ0v) is 18.1. The number of hydrogen-bond acceptors (Lipinski definition) is 4. The topological polar surface area (TPSA) is 92.3 Å². The molecule has 1 aliphatic carbocycles. The van der Waals surface area contributed by atoms with E-state index in [2.05, 4.69) is 20.9 Å². The molecule has 0 bridgehead atoms. The number of pyridine rings is 1. The highest BCUT2D eigenvalue weighted by molar-refractivity contribution is 6.00. The Kier molecular flexibility index (Phi) is 6.40. The molecule has 0 aliphatic heterocycles. The number of nitrogens with one attached hydrogen (secondary N) is 3. The van der Waals surface area contributed by atoms with Gasteiger partial charge in [-0.05, 0) is 67.8 Å². The number of hydrogen-bond donors (Lipinski definition) is 3. The van der Waals surface area contributed by atoms with Crippen LogP contribution in [-0.4, -0.2) is 16.9 Å². The SMILES string of the molecule is Cc1cc(Oc2ccnc(NC(=O)C3CC3)c2)ccc1NC(=O)Nc1cccc(C(F)(F)F)c1. The summed E-state index contributed by atoms with van der Waals surface area (Å²) in [5.41, 5.74) is 0.304. The van der Waals surface area contributed by atoms with Crippen LogP contribution in [-0.2, 0) is 11.0 Å². The van der Waals surface area contributed by atoms with Gasteiger partial charge < -0.3 is 20.7 Å². The van der Waals surface area contributed by atoms with E-state index in [9.17, 15) is 22.8 Å². The first-order valence-corrected chi connectivity index (χ1v) is 10.5. The average Bonchev–Trinajstić information content (AvgIpc) is 3.61. The number of urea groups is 1. The van der Waals surface area contributed by atoms with E-state index in [-0.39, 0.29) is 17.5 Å². The Morgan fingerprint density at radius 3 is 2.44 bits per heavy atom. The maximum Gasteiger partial charge on any atom is 0.416 e. The summed E-state index contributed by atoms with van der Waals surface area (Å²) in [5.74, 6) is 1.37. The summed E-state index contributed by atoms with van der Waals surface area (Å²) in [4.78, 5) is 28.3. The molecule has 0 saturated heterocycles. The zero-order valence-electron chi connectivity index (χ0n) is 18.1. The van der Waals surface area contributed by atoms with Gasteiger partial charge in [0.25, 0.3) is 0 Å². The van der Waals surface area contributed by atoms with Gasteiger partial charge in [0.05, 0.1) is 5.56 Å². The number of nitrogens with zero attached hydrogens (tertiary/aromatic N) is 1. The number of ether oxygens (including phenoxy) is 1. The van der Waals surface area contributed by atoms with Crippen molar-refractivity contribution in [2.24, 2.45) is 5.92 Å². The molecule has 3 amide bonds. The number of amides is 3. The lowest BCUT2D eigenvalue weighted by atomic mass is 10.2. The minimum absolute atomic E-state index is 0.0206. The number of carbonyl (C=O) groups excluding carboxylic acids is 2. The summed E-state index contributed by atoms with van der Waals surface area (Å²) < 4.78 is 44.4. The summed E-state index contributed by atoms with van der Waals surface area (Å²) in [6, 6.07) is 11.9. The minimum Gasteiger partial charge on any atom is -0.457 e. The van der Waals surface area contributed by atoms with Crippen molar-refractivity contribution in [1.82, 2.24) is 4.98 Å². The Labute approximate surface area is 193 Å². The van der Waals surface area contributed by atoms with Gasteiger partial charge in [-0.3, -0.25) is 4.79 Å². The van der Waals surface area contributed by atoms with E-state index in [1.54, 1.807) is 37.3 Å². The van der Waals surface area contributed by atoms with E-state index < -0.39 is 17.8 Å². The maximum absolute atomic E-state index is 12.8. The van der Waals surface area contributed by atoms with Crippen molar-refractivity contribution < 1.29 is 27.5 Å². The molecule has 0 radical (unpaired) electrons. The molecule has 176 valence electrons. The molecule has 3 aromatic rings. The first-order valence-electron chi connectivity index (χ1n) is 10.5. The largest absolute Gasteiger partial charge is 0.457 e. The standard InChI is InChI=1S/C24H21F3N4O3/c1-14-11-18(34-19-9-10-28-21(13-19)31-22(32)15-5-6-15)7-8-20(14)30-23(33)29-17-4-2-3-16(12-17)24(25,26)27/h2-4,7-13,15H,5-6H2,1H3,(H,28,31,32)(H2,29,30,33). The van der Waals surface area contributed by atoms with Crippen molar-refractivity contribution in [3.8, 4) is 11.5 Å². The normalized spacial score (nSPS) is 13.2. The summed E-state index contributed by atoms with van der Waals surface area (Å²) in [6.45, 7) is 1.75. The summed E-state index contributed by atoms with van der Waals surface area (Å²) in [7, 11) is 0. The predicted molar refractivity (Wildman–Crippen MR) is 121 cm³/mol. The summed E-state index contributed by atoms with van der Waals surface area (Å²) in [5, 5.41) is 7.76. The molecule has 1 aliphatic rings. The molecule has 10 heteroatoms. The van der Waals surface area contributed by atoms with E-state index in [1.807, 2.05) is 0 Å². The Hall–Kier alpha value is -4.08. The van der Waals surface area contributed by atoms with Crippen molar-refractivity contribution in [3.63, 3.8) is 0 Å². The highest BCUT2D eigenvalue weighted by atomic mass is 19.4. The van der Waals surface area contributed by atoms with Crippen molar-refractivity contribution >= 4 is 29.1 Å². The molecule has 0 unspecified atom stereocenters. The lowest BCUT2D eigenvalue weighted by Crippen LogP contribution is -2.20. The third kappa shape index (κ3) is 6.03. The van der Waals surface area contributed by atoms with Crippen LogP contribution >= 0.6 is 0 Å². The van der Waals surface area contributed by atoms with Crippen LogP contribution in [0.4, 0.5) is 35.2 Å². The van der Waals surface area contributed by atoms with Gasteiger partial charge in [-0.25, -0.2) is 9.78 Å². The van der Waals surface area contributed by atoms with Crippen LogP contribution in [0.25, 0.3) is 0 Å². The van der Waals surface area contributed by atoms with Crippen molar-refractivity contribution in [2.75, 3.05) is 16.0 Å². The first kappa shape index (κ1) is 23.1. The van der Waals surface area contributed by atoms with Crippen LogP contribution in [0.5, 0.6) is 11.5 Å². The number of halogens is 3. The highest BCUT2D eigenvalue weighted by Crippen LogP contribution is 2.32. The number of aryl methyl sites for hydroxylation is 1. The van der Waals surface area contributed by atoms with E-state index in [0.717, 1.165) is 25.0 Å². The second-order valence-electron chi connectivity index (χ2n) is 7.88. The van der Waals surface area contributed by atoms with Gasteiger partial charge in [-0.1, -0.05) is 6.07 Å². The van der Waals surface area contributed by atoms with Crippen LogP contribution in [0.15, 0.2) is 60.8 Å². The summed E-state index contributed by atoms with van der Waals surface area (Å²) in [6.07, 6.45) is -1.20. The van der Waals surface area contributed by atoms with Crippen LogP contribution < -0.4 is 20.7 Å². The van der Waals surface area contributed by atoms with Crippen molar-refractivity contribution in [3.05, 3.63) is 71.9 Å². The van der Waals surface area contributed by atoms with E-state index in [4.69, 9.17) is 4.74 Å². The smallest absolute Gasteiger partial charge is 0.416 e. The second-order valence-corrected chi connectivity index (χ2v) is 7.88. The van der Waals surface area contributed by atoms with Crippen LogP contribution in [0, 0.1) is 12.8 Å². The van der Waals surface area contributed by atoms with E-state index in [1.165, 1.54) is 18.3 Å². The first-order chi connectivity index (χ1) is 16.2. The number of aromatic nitrogens is 1. The lowest BCUT2D eigenvalue weighted by molar-refractivity contribution is -0.137. The lowest BCUT2D eigenvalue weighted by Gasteiger charge is -2.13. The monoisotopic (exact) mass is 470 g/mol. The molecule has 1 aromatic heterocycles. The molecule has 34 heavy (non-hydrogen) atoms. The van der Waals surface area contributed by atoms with Crippen LogP contribution in [0.1, 0.15) is 24.0 Å². The number of rotatable bonds is 6. The van der Waals surface area contributed by atoms with Crippen molar-refractivity contribution in [2.45, 2.75) is 25.9 Å². The van der Waals surface area contributed by atoms with Gasteiger partial charge in [0, 0.05) is 29.6 Å². The fourth-order valence-electron chi connectivity index (χ4n) is 3.15. The molecule has 3 N–H and O–H groups in total. The number of carbonyl (C=O) groups is 2. The van der Waals surface area contributed by atoms with Gasteiger partial charge in [0.1, 0.15) is 17.3 Å². The Morgan fingerprint density at radius 2 is 1.74 bits per heavy atom. The number of benzene rings is 2. The van der Waals surface area contributed by atoms with Crippen molar-refractivity contribution in [1.29, 1.82) is 0 Å². The maximum atomic E-state index is 12.8. The molecule has 0 spiro atoms. The quantitative estimate of drug-likeness (QED) is 0.400. The molecule has 7 nitrogen and oxygen atoms in total. The molecule has 0 atom stereocenters. The third-order valence-corrected chi connectivity index (χ3v) is 5.06. The fourth-order valence-corrected chi connectivity index (χ4v) is 3.15. The highest BCUT2D eigenvalue weighted by Gasteiger charge is 2.31. The van der Waals surface area contributed by atoms with E-state index >= 15 is 0 Å². The predicted octanol–water partition coefficient (Wildman–Crippen LogP) is 6.19. The van der Waals surface area contributed by atoms with Gasteiger partial charge in [-0.15, -0.1) is 0 Å². The Bertz CT molecular complexity index is 1230. The molecule has 1 heterocycles. The fraction of sp³-hybridized carbons (Fsp3) is 0.208. The Balaban J connectivity index is 1.38. The molecule has 2 aromatic carbocycles. The second kappa shape index (κ2) is 9.42. The molecular weight excluding hydrogens is 449 g/mol. The molecule has 1 saturated carbocycles. The number of anilines is 3. The van der Waals surface area contributed by atoms with E-state index in [0.29, 0.717) is 28.6 Å². The zero-order chi connectivity index (χ0) is 24.3.